The van der Waals surface area contributed by atoms with Crippen molar-refractivity contribution < 1.29 is 29.3 Å². The third kappa shape index (κ3) is 6.34. The zero-order valence-electron chi connectivity index (χ0n) is 24.3. The number of rotatable bonds is 14. The van der Waals surface area contributed by atoms with Crippen LogP contribution in [0.4, 0.5) is 0 Å². The lowest BCUT2D eigenvalue weighted by Crippen LogP contribution is -2.45. The van der Waals surface area contributed by atoms with Gasteiger partial charge in [0.25, 0.3) is 0 Å². The molecule has 2 aliphatic heterocycles. The molecule has 3 aromatic rings. The van der Waals surface area contributed by atoms with Crippen molar-refractivity contribution in [1.82, 2.24) is 14.4 Å². The van der Waals surface area contributed by atoms with Crippen molar-refractivity contribution in [3.8, 4) is 17.4 Å². The molecule has 0 spiro atoms. The minimum atomic E-state index is -0.898. The predicted octanol–water partition coefficient (Wildman–Crippen LogP) is 4.00. The van der Waals surface area contributed by atoms with Crippen LogP contribution in [-0.4, -0.2) is 82.0 Å². The minimum absolute atomic E-state index is 0.00972. The highest BCUT2D eigenvalue weighted by atomic mass is 16.7. The van der Waals surface area contributed by atoms with Crippen LogP contribution in [-0.2, 0) is 16.1 Å². The van der Waals surface area contributed by atoms with Crippen molar-refractivity contribution in [2.45, 2.75) is 57.5 Å². The molecule has 3 atom stereocenters. The van der Waals surface area contributed by atoms with E-state index in [1.165, 1.54) is 0 Å². The fourth-order valence-corrected chi connectivity index (χ4v) is 6.40. The molecule has 2 aliphatic rings. The first-order valence-corrected chi connectivity index (χ1v) is 15.0. The van der Waals surface area contributed by atoms with Gasteiger partial charge in [-0.2, -0.15) is 0 Å². The van der Waals surface area contributed by atoms with E-state index < -0.39 is 17.9 Å². The van der Waals surface area contributed by atoms with E-state index >= 15 is 0 Å². The summed E-state index contributed by atoms with van der Waals surface area (Å²) in [6, 6.07) is 12.8. The molecule has 3 heterocycles. The second-order valence-corrected chi connectivity index (χ2v) is 11.3. The molecule has 10 heteroatoms. The van der Waals surface area contributed by atoms with E-state index in [0.717, 1.165) is 42.0 Å². The van der Waals surface area contributed by atoms with Gasteiger partial charge in [-0.05, 0) is 56.0 Å². The molecule has 0 bridgehead atoms. The van der Waals surface area contributed by atoms with E-state index in [4.69, 9.17) is 15.2 Å². The van der Waals surface area contributed by atoms with Crippen molar-refractivity contribution in [1.29, 1.82) is 0 Å². The summed E-state index contributed by atoms with van der Waals surface area (Å²) in [6.07, 6.45) is 5.94. The van der Waals surface area contributed by atoms with E-state index in [0.29, 0.717) is 50.6 Å². The summed E-state index contributed by atoms with van der Waals surface area (Å²) in [5.74, 6) is -0.555. The maximum atomic E-state index is 13.7. The topological polar surface area (TPSA) is 130 Å². The quantitative estimate of drug-likeness (QED) is 0.245. The maximum absolute atomic E-state index is 13.7. The van der Waals surface area contributed by atoms with Gasteiger partial charge in [0.1, 0.15) is 0 Å². The molecule has 0 saturated carbocycles. The minimum Gasteiger partial charge on any atom is -0.494 e. The number of carbonyl (C=O) groups is 2. The molecule has 1 aromatic heterocycles. The summed E-state index contributed by atoms with van der Waals surface area (Å²) in [4.78, 5) is 30.5. The number of amides is 1. The Morgan fingerprint density at radius 1 is 1.07 bits per heavy atom. The van der Waals surface area contributed by atoms with Crippen molar-refractivity contribution in [3.05, 3.63) is 54.2 Å². The molecule has 10 nitrogen and oxygen atoms in total. The third-order valence-electron chi connectivity index (χ3n) is 8.65. The second-order valence-electron chi connectivity index (χ2n) is 11.3. The smallest absolute Gasteiger partial charge is 0.308 e. The highest BCUT2D eigenvalue weighted by molar-refractivity contribution is 5.87. The van der Waals surface area contributed by atoms with Gasteiger partial charge in [0.05, 0.1) is 12.5 Å². The lowest BCUT2D eigenvalue weighted by atomic mass is 9.84. The van der Waals surface area contributed by atoms with Gasteiger partial charge in [0.2, 0.25) is 12.7 Å². The van der Waals surface area contributed by atoms with Crippen LogP contribution in [0.15, 0.2) is 48.7 Å². The summed E-state index contributed by atoms with van der Waals surface area (Å²) in [5.41, 5.74) is 6.56. The van der Waals surface area contributed by atoms with Crippen molar-refractivity contribution in [2.24, 2.45) is 11.7 Å². The van der Waals surface area contributed by atoms with Crippen LogP contribution in [0.2, 0.25) is 0 Å². The highest BCUT2D eigenvalue weighted by Gasteiger charge is 2.47. The Labute approximate surface area is 246 Å². The Bertz CT molecular complexity index is 1390. The number of aromatic nitrogens is 1. The predicted molar refractivity (Wildman–Crippen MR) is 160 cm³/mol. The molecule has 226 valence electrons. The first-order valence-electron chi connectivity index (χ1n) is 15.0. The number of hydrogen-bond acceptors (Lipinski definition) is 7. The number of aryl methyl sites for hydroxylation is 1. The lowest BCUT2D eigenvalue weighted by Gasteiger charge is -2.30. The average Bonchev–Trinajstić information content (AvgIpc) is 3.69. The Morgan fingerprint density at radius 3 is 2.62 bits per heavy atom. The number of hydrogen-bond donors (Lipinski definition) is 3. The van der Waals surface area contributed by atoms with E-state index in [9.17, 15) is 19.8 Å². The molecule has 0 radical (unpaired) electrons. The number of carboxylic acids is 1. The van der Waals surface area contributed by atoms with Crippen LogP contribution in [0.1, 0.15) is 50.5 Å². The SMILES string of the molecule is CCCCN(CCCCN)C(=O)CN1C[C@H](c2ccc3c(c2)OCO3)C(C(=O)O)[C@@H]1CCn1cc2ccccc2c1O. The lowest BCUT2D eigenvalue weighted by molar-refractivity contribution is -0.144. The van der Waals surface area contributed by atoms with Crippen molar-refractivity contribution in [3.63, 3.8) is 0 Å². The molecule has 0 aliphatic carbocycles. The molecule has 5 rings (SSSR count). The molecule has 1 fully saturated rings. The normalized spacial score (nSPS) is 19.9. The largest absolute Gasteiger partial charge is 0.494 e. The van der Waals surface area contributed by atoms with Crippen molar-refractivity contribution >= 4 is 22.6 Å². The second kappa shape index (κ2) is 13.5. The van der Waals surface area contributed by atoms with Crippen LogP contribution in [0.3, 0.4) is 0 Å². The highest BCUT2D eigenvalue weighted by Crippen LogP contribution is 2.43. The Kier molecular flexibility index (Phi) is 9.54. The molecule has 1 unspecified atom stereocenters. The van der Waals surface area contributed by atoms with Gasteiger partial charge in [0.15, 0.2) is 17.4 Å². The van der Waals surface area contributed by atoms with Crippen LogP contribution in [0, 0.1) is 5.92 Å². The molecule has 1 amide bonds. The van der Waals surface area contributed by atoms with Gasteiger partial charge in [0, 0.05) is 55.1 Å². The third-order valence-corrected chi connectivity index (χ3v) is 8.65. The van der Waals surface area contributed by atoms with Gasteiger partial charge < -0.3 is 34.9 Å². The van der Waals surface area contributed by atoms with Gasteiger partial charge in [-0.25, -0.2) is 0 Å². The van der Waals surface area contributed by atoms with Crippen molar-refractivity contribution in [2.75, 3.05) is 39.5 Å². The summed E-state index contributed by atoms with van der Waals surface area (Å²) in [6.45, 7) is 5.14. The molecular formula is C32H42N4O6. The summed E-state index contributed by atoms with van der Waals surface area (Å²) in [7, 11) is 0. The number of aromatic hydroxyl groups is 1. The molecule has 4 N–H and O–H groups in total. The molecule has 42 heavy (non-hydrogen) atoms. The number of nitrogens with two attached hydrogens (primary N) is 1. The molecule has 2 aromatic carbocycles. The van der Waals surface area contributed by atoms with E-state index in [1.807, 2.05) is 58.5 Å². The number of aliphatic carboxylic acids is 1. The number of carboxylic acid groups (broad SMARTS) is 1. The van der Waals surface area contributed by atoms with Crippen LogP contribution in [0.25, 0.3) is 10.8 Å². The summed E-state index contributed by atoms with van der Waals surface area (Å²) >= 11 is 0. The van der Waals surface area contributed by atoms with E-state index in [1.54, 1.807) is 4.57 Å². The standard InChI is InChI=1S/C32H42N4O6/c1-2-3-14-34(15-7-6-13-33)29(37)20-36-19-25(22-10-11-27-28(17-22)42-21-41-27)30(32(39)40)26(36)12-16-35-18-23-8-4-5-9-24(23)31(35)38/h4-5,8-11,17-18,25-26,30,38H,2-3,6-7,12-16,19-21,33H2,1H3,(H,39,40)/t25-,26+,30?/m1/s1. The fourth-order valence-electron chi connectivity index (χ4n) is 6.40. The van der Waals surface area contributed by atoms with E-state index in [-0.39, 0.29) is 31.0 Å². The van der Waals surface area contributed by atoms with Gasteiger partial charge >= 0.3 is 5.97 Å². The number of carbonyl (C=O) groups excluding carboxylic acids is 1. The number of nitrogens with zero attached hydrogens (tertiary/aromatic N) is 3. The van der Waals surface area contributed by atoms with Crippen LogP contribution in [0.5, 0.6) is 17.4 Å². The van der Waals surface area contributed by atoms with Crippen LogP contribution < -0.4 is 15.2 Å². The summed E-state index contributed by atoms with van der Waals surface area (Å²) in [5, 5.41) is 23.1. The number of likely N-dealkylation sites (tertiary alicyclic amines) is 1. The average molecular weight is 579 g/mol. The molecule has 1 saturated heterocycles. The zero-order chi connectivity index (χ0) is 29.6. The Hall–Kier alpha value is -3.76. The first-order chi connectivity index (χ1) is 20.4. The van der Waals surface area contributed by atoms with Gasteiger partial charge in [-0.15, -0.1) is 0 Å². The number of ether oxygens (including phenoxy) is 2. The van der Waals surface area contributed by atoms with Crippen LogP contribution >= 0.6 is 0 Å². The number of fused-ring (bicyclic) bond motifs is 2. The van der Waals surface area contributed by atoms with Gasteiger partial charge in [-0.1, -0.05) is 37.6 Å². The number of unbranched alkanes of at least 4 members (excludes halogenated alkanes) is 2. The van der Waals surface area contributed by atoms with Gasteiger partial charge in [-0.3, -0.25) is 14.5 Å². The van der Waals surface area contributed by atoms with E-state index in [2.05, 4.69) is 6.92 Å². The Balaban J connectivity index is 1.42. The zero-order valence-corrected chi connectivity index (χ0v) is 24.3. The summed E-state index contributed by atoms with van der Waals surface area (Å²) < 4.78 is 12.8. The molecular weight excluding hydrogens is 536 g/mol. The monoisotopic (exact) mass is 578 g/mol. The number of benzene rings is 2. The maximum Gasteiger partial charge on any atom is 0.308 e. The Morgan fingerprint density at radius 2 is 1.86 bits per heavy atom. The first kappa shape index (κ1) is 29.7. The fraction of sp³-hybridized carbons (Fsp3) is 0.500.